The first kappa shape index (κ1) is 13.1. The first-order valence-corrected chi connectivity index (χ1v) is 6.48. The van der Waals surface area contributed by atoms with Gasteiger partial charge in [-0.3, -0.25) is 14.9 Å². The molecule has 0 aliphatic heterocycles. The van der Waals surface area contributed by atoms with E-state index in [1.165, 1.54) is 12.1 Å². The maximum atomic E-state index is 12.6. The van der Waals surface area contributed by atoms with Crippen molar-refractivity contribution in [3.63, 3.8) is 0 Å². The quantitative estimate of drug-likeness (QED) is 0.455. The van der Waals surface area contributed by atoms with E-state index in [1.54, 1.807) is 31.2 Å². The van der Waals surface area contributed by atoms with Crippen molar-refractivity contribution in [2.75, 3.05) is 6.61 Å². The number of nitrogens with zero attached hydrogens (tertiary/aromatic N) is 1. The number of nitro groups is 1. The van der Waals surface area contributed by atoms with Crippen LogP contribution in [0.4, 0.5) is 5.69 Å². The number of pyridine rings is 1. The van der Waals surface area contributed by atoms with Crippen molar-refractivity contribution in [3.8, 4) is 5.75 Å². The number of ether oxygens (including phenoxy) is 1. The molecule has 0 saturated heterocycles. The third kappa shape index (κ3) is 2.01. The molecule has 0 amide bonds. The largest absolute Gasteiger partial charge is 0.493 e. The van der Waals surface area contributed by atoms with Crippen molar-refractivity contribution >= 4 is 27.5 Å². The van der Waals surface area contributed by atoms with Crippen molar-refractivity contribution in [2.45, 2.75) is 6.92 Å². The Bertz CT molecular complexity index is 915. The molecule has 6 nitrogen and oxygen atoms in total. The standard InChI is InChI=1S/C15H12N2O4/c1-2-21-12-8-7-11(17(19)20)14-13(12)15(18)9-5-3-4-6-10(9)16-14/h3-8H,2H2,1H3,(H,16,18). The van der Waals surface area contributed by atoms with E-state index >= 15 is 0 Å². The number of aromatic nitrogens is 1. The first-order valence-electron chi connectivity index (χ1n) is 6.48. The fourth-order valence-corrected chi connectivity index (χ4v) is 2.41. The molecule has 0 radical (unpaired) electrons. The maximum Gasteiger partial charge on any atom is 0.293 e. The topological polar surface area (TPSA) is 85.2 Å². The third-order valence-corrected chi connectivity index (χ3v) is 3.30. The van der Waals surface area contributed by atoms with Gasteiger partial charge in [0.25, 0.3) is 5.69 Å². The first-order chi connectivity index (χ1) is 10.1. The van der Waals surface area contributed by atoms with E-state index in [2.05, 4.69) is 4.98 Å². The summed E-state index contributed by atoms with van der Waals surface area (Å²) in [4.78, 5) is 26.3. The van der Waals surface area contributed by atoms with E-state index in [1.807, 2.05) is 0 Å². The lowest BCUT2D eigenvalue weighted by Gasteiger charge is -2.09. The second-order valence-corrected chi connectivity index (χ2v) is 4.52. The average Bonchev–Trinajstić information content (AvgIpc) is 2.47. The van der Waals surface area contributed by atoms with Gasteiger partial charge in [0.2, 0.25) is 5.43 Å². The van der Waals surface area contributed by atoms with Crippen LogP contribution < -0.4 is 10.2 Å². The lowest BCUT2D eigenvalue weighted by molar-refractivity contribution is -0.383. The van der Waals surface area contributed by atoms with Crippen molar-refractivity contribution in [1.82, 2.24) is 4.98 Å². The summed E-state index contributed by atoms with van der Waals surface area (Å²) in [6.45, 7) is 2.17. The molecule has 0 saturated carbocycles. The number of nitro benzene ring substituents is 1. The van der Waals surface area contributed by atoms with Gasteiger partial charge in [-0.2, -0.15) is 0 Å². The number of benzene rings is 2. The van der Waals surface area contributed by atoms with E-state index in [4.69, 9.17) is 4.74 Å². The summed E-state index contributed by atoms with van der Waals surface area (Å²) in [5, 5.41) is 11.9. The summed E-state index contributed by atoms with van der Waals surface area (Å²) in [6, 6.07) is 9.73. The van der Waals surface area contributed by atoms with Crippen LogP contribution in [0.1, 0.15) is 6.92 Å². The van der Waals surface area contributed by atoms with Crippen LogP contribution in [0.2, 0.25) is 0 Å². The Morgan fingerprint density at radius 2 is 2.00 bits per heavy atom. The van der Waals surface area contributed by atoms with Crippen LogP contribution in [0.25, 0.3) is 21.8 Å². The Morgan fingerprint density at radius 1 is 1.24 bits per heavy atom. The number of rotatable bonds is 3. The number of hydrogen-bond acceptors (Lipinski definition) is 4. The fourth-order valence-electron chi connectivity index (χ4n) is 2.41. The molecular formula is C15H12N2O4. The van der Waals surface area contributed by atoms with Gasteiger partial charge in [-0.15, -0.1) is 0 Å². The maximum absolute atomic E-state index is 12.6. The molecule has 1 N–H and O–H groups in total. The van der Waals surface area contributed by atoms with E-state index in [0.29, 0.717) is 23.3 Å². The summed E-state index contributed by atoms with van der Waals surface area (Å²) in [6.07, 6.45) is 0. The van der Waals surface area contributed by atoms with E-state index in [-0.39, 0.29) is 22.0 Å². The highest BCUT2D eigenvalue weighted by atomic mass is 16.6. The highest BCUT2D eigenvalue weighted by Gasteiger charge is 2.19. The molecule has 0 unspecified atom stereocenters. The van der Waals surface area contributed by atoms with Gasteiger partial charge in [0.1, 0.15) is 11.3 Å². The molecule has 0 aliphatic carbocycles. The lowest BCUT2D eigenvalue weighted by Crippen LogP contribution is -2.08. The molecule has 3 aromatic rings. The molecule has 1 aromatic heterocycles. The number of aromatic amines is 1. The van der Waals surface area contributed by atoms with Gasteiger partial charge in [0.05, 0.1) is 16.9 Å². The van der Waals surface area contributed by atoms with E-state index < -0.39 is 4.92 Å². The summed E-state index contributed by atoms with van der Waals surface area (Å²) in [7, 11) is 0. The second-order valence-electron chi connectivity index (χ2n) is 4.52. The third-order valence-electron chi connectivity index (χ3n) is 3.30. The van der Waals surface area contributed by atoms with Gasteiger partial charge < -0.3 is 9.72 Å². The Hall–Kier alpha value is -2.89. The summed E-state index contributed by atoms with van der Waals surface area (Å²) in [5.74, 6) is 0.352. The van der Waals surface area contributed by atoms with Crippen molar-refractivity contribution < 1.29 is 9.66 Å². The number of hydrogen-bond donors (Lipinski definition) is 1. The molecule has 0 aliphatic rings. The number of non-ortho nitro benzene ring substituents is 1. The second kappa shape index (κ2) is 4.90. The van der Waals surface area contributed by atoms with Crippen molar-refractivity contribution in [1.29, 1.82) is 0 Å². The van der Waals surface area contributed by atoms with E-state index in [0.717, 1.165) is 0 Å². The Morgan fingerprint density at radius 3 is 2.71 bits per heavy atom. The van der Waals surface area contributed by atoms with Gasteiger partial charge in [-0.05, 0) is 25.1 Å². The van der Waals surface area contributed by atoms with Crippen LogP contribution in [0.3, 0.4) is 0 Å². The molecule has 3 rings (SSSR count). The monoisotopic (exact) mass is 284 g/mol. The minimum absolute atomic E-state index is 0.142. The Kier molecular flexibility index (Phi) is 3.06. The minimum atomic E-state index is -0.511. The number of fused-ring (bicyclic) bond motifs is 2. The van der Waals surface area contributed by atoms with Crippen LogP contribution in [0.15, 0.2) is 41.2 Å². The highest BCUT2D eigenvalue weighted by molar-refractivity contribution is 5.99. The molecule has 106 valence electrons. The van der Waals surface area contributed by atoms with E-state index in [9.17, 15) is 14.9 Å². The molecule has 0 bridgehead atoms. The van der Waals surface area contributed by atoms with Crippen LogP contribution in [-0.4, -0.2) is 16.5 Å². The van der Waals surface area contributed by atoms with Crippen LogP contribution in [0, 0.1) is 10.1 Å². The molecule has 6 heteroatoms. The van der Waals surface area contributed by atoms with Crippen LogP contribution in [-0.2, 0) is 0 Å². The Labute approximate surface area is 119 Å². The SMILES string of the molecule is CCOc1ccc([N+](=O)[O-])c2[nH]c3ccccc3c(=O)c12. The number of nitrogens with one attached hydrogen (secondary N) is 1. The zero-order chi connectivity index (χ0) is 15.0. The van der Waals surface area contributed by atoms with Gasteiger partial charge in [-0.1, -0.05) is 12.1 Å². The zero-order valence-electron chi connectivity index (χ0n) is 11.3. The van der Waals surface area contributed by atoms with Crippen molar-refractivity contribution in [2.24, 2.45) is 0 Å². The molecule has 21 heavy (non-hydrogen) atoms. The van der Waals surface area contributed by atoms with Crippen LogP contribution in [0.5, 0.6) is 5.75 Å². The van der Waals surface area contributed by atoms with Crippen LogP contribution >= 0.6 is 0 Å². The van der Waals surface area contributed by atoms with Crippen molar-refractivity contribution in [3.05, 3.63) is 56.7 Å². The van der Waals surface area contributed by atoms with Gasteiger partial charge in [0.15, 0.2) is 0 Å². The van der Waals surface area contributed by atoms with Gasteiger partial charge in [0, 0.05) is 17.0 Å². The molecule has 0 spiro atoms. The fraction of sp³-hybridized carbons (Fsp3) is 0.133. The molecule has 2 aromatic carbocycles. The summed E-state index contributed by atoms with van der Waals surface area (Å²) >= 11 is 0. The predicted molar refractivity (Wildman–Crippen MR) is 79.9 cm³/mol. The number of para-hydroxylation sites is 1. The van der Waals surface area contributed by atoms with Gasteiger partial charge in [-0.25, -0.2) is 0 Å². The molecule has 0 fully saturated rings. The normalized spacial score (nSPS) is 10.9. The predicted octanol–water partition coefficient (Wildman–Crippen LogP) is 2.99. The highest BCUT2D eigenvalue weighted by Crippen LogP contribution is 2.30. The summed E-state index contributed by atoms with van der Waals surface area (Å²) < 4.78 is 5.44. The number of H-pyrrole nitrogens is 1. The molecule has 0 atom stereocenters. The minimum Gasteiger partial charge on any atom is -0.493 e. The zero-order valence-corrected chi connectivity index (χ0v) is 11.3. The molecular weight excluding hydrogens is 272 g/mol. The Balaban J connectivity index is 2.54. The summed E-state index contributed by atoms with van der Waals surface area (Å²) in [5.41, 5.74) is 0.337. The van der Waals surface area contributed by atoms with Gasteiger partial charge >= 0.3 is 0 Å². The lowest BCUT2D eigenvalue weighted by atomic mass is 10.1. The molecule has 1 heterocycles. The smallest absolute Gasteiger partial charge is 0.293 e. The average molecular weight is 284 g/mol.